The number of amidine groups is 1. The van der Waals surface area contributed by atoms with Crippen molar-refractivity contribution in [3.05, 3.63) is 35.4 Å². The zero-order valence-electron chi connectivity index (χ0n) is 8.10. The molecule has 1 heterocycles. The molecular formula is C10H9N3O2. The van der Waals surface area contributed by atoms with Crippen LogP contribution in [0.2, 0.25) is 0 Å². The minimum atomic E-state index is -0.373. The molecular weight excluding hydrogens is 194 g/mol. The molecule has 0 atom stereocenters. The molecule has 0 unspecified atom stereocenters. The van der Waals surface area contributed by atoms with E-state index in [1.807, 2.05) is 0 Å². The molecule has 0 spiro atoms. The molecule has 5 nitrogen and oxygen atoms in total. The first kappa shape index (κ1) is 9.39. The number of hydrogen-bond donors (Lipinski definition) is 1. The Kier molecular flexibility index (Phi) is 2.00. The summed E-state index contributed by atoms with van der Waals surface area (Å²) >= 11 is 0. The summed E-state index contributed by atoms with van der Waals surface area (Å²) in [7, 11) is 0. The topological polar surface area (TPSA) is 75.8 Å². The second kappa shape index (κ2) is 3.20. The van der Waals surface area contributed by atoms with Crippen LogP contribution in [0.15, 0.2) is 29.4 Å². The quantitative estimate of drug-likeness (QED) is 0.220. The van der Waals surface area contributed by atoms with Crippen LogP contribution < -0.4 is 5.84 Å². The van der Waals surface area contributed by atoms with Crippen LogP contribution in [0.1, 0.15) is 27.6 Å². The third kappa shape index (κ3) is 1.20. The van der Waals surface area contributed by atoms with Gasteiger partial charge in [0.25, 0.3) is 11.8 Å². The van der Waals surface area contributed by atoms with Crippen LogP contribution in [0.4, 0.5) is 0 Å². The van der Waals surface area contributed by atoms with Crippen molar-refractivity contribution >= 4 is 17.6 Å². The number of nitrogens with zero attached hydrogens (tertiary/aromatic N) is 2. The van der Waals surface area contributed by atoms with Gasteiger partial charge in [-0.25, -0.2) is 4.90 Å². The number of benzene rings is 1. The van der Waals surface area contributed by atoms with E-state index in [4.69, 9.17) is 5.84 Å². The standard InChI is InChI=1S/C10H9N3O2/c1-6(12-11)13-9(14)7-4-2-3-5-8(7)10(13)15/h2-5H,11H2,1H3/b12-6+. The lowest BCUT2D eigenvalue weighted by molar-refractivity contribution is 0.0747. The molecule has 0 saturated heterocycles. The summed E-state index contributed by atoms with van der Waals surface area (Å²) in [5, 5.41) is 3.36. The van der Waals surface area contributed by atoms with Gasteiger partial charge in [0, 0.05) is 0 Å². The summed E-state index contributed by atoms with van der Waals surface area (Å²) in [5.41, 5.74) is 0.788. The van der Waals surface area contributed by atoms with E-state index in [1.165, 1.54) is 6.92 Å². The highest BCUT2D eigenvalue weighted by Crippen LogP contribution is 2.22. The third-order valence-corrected chi connectivity index (χ3v) is 2.30. The summed E-state index contributed by atoms with van der Waals surface area (Å²) in [6, 6.07) is 6.64. The van der Waals surface area contributed by atoms with Gasteiger partial charge in [-0.15, -0.1) is 0 Å². The van der Waals surface area contributed by atoms with Gasteiger partial charge in [0.2, 0.25) is 0 Å². The Morgan fingerprint density at radius 1 is 1.20 bits per heavy atom. The first-order valence-corrected chi connectivity index (χ1v) is 4.39. The van der Waals surface area contributed by atoms with Crippen molar-refractivity contribution in [2.45, 2.75) is 6.92 Å². The fourth-order valence-corrected chi connectivity index (χ4v) is 1.54. The average Bonchev–Trinajstić information content (AvgIpc) is 2.52. The monoisotopic (exact) mass is 203 g/mol. The van der Waals surface area contributed by atoms with Crippen LogP contribution in [0, 0.1) is 0 Å². The van der Waals surface area contributed by atoms with Crippen LogP contribution in [0.5, 0.6) is 0 Å². The van der Waals surface area contributed by atoms with Gasteiger partial charge in [-0.1, -0.05) is 12.1 Å². The number of imide groups is 1. The molecule has 0 aromatic heterocycles. The van der Waals surface area contributed by atoms with Crippen LogP contribution in [-0.2, 0) is 0 Å². The van der Waals surface area contributed by atoms with Crippen molar-refractivity contribution in [1.82, 2.24) is 4.90 Å². The van der Waals surface area contributed by atoms with Crippen molar-refractivity contribution in [3.8, 4) is 0 Å². The van der Waals surface area contributed by atoms with Gasteiger partial charge in [0.05, 0.1) is 11.1 Å². The van der Waals surface area contributed by atoms with Gasteiger partial charge >= 0.3 is 0 Å². The minimum Gasteiger partial charge on any atom is -0.322 e. The van der Waals surface area contributed by atoms with E-state index in [2.05, 4.69) is 5.10 Å². The Hall–Kier alpha value is -2.17. The predicted molar refractivity (Wildman–Crippen MR) is 54.2 cm³/mol. The van der Waals surface area contributed by atoms with Crippen LogP contribution in [0.3, 0.4) is 0 Å². The zero-order valence-corrected chi connectivity index (χ0v) is 8.10. The molecule has 1 aliphatic heterocycles. The van der Waals surface area contributed by atoms with Crippen molar-refractivity contribution in [1.29, 1.82) is 0 Å². The van der Waals surface area contributed by atoms with E-state index in [0.717, 1.165) is 4.90 Å². The fourth-order valence-electron chi connectivity index (χ4n) is 1.54. The molecule has 2 amide bonds. The van der Waals surface area contributed by atoms with Crippen LogP contribution in [-0.4, -0.2) is 22.5 Å². The Balaban J connectivity index is 2.55. The van der Waals surface area contributed by atoms with E-state index in [0.29, 0.717) is 11.1 Å². The lowest BCUT2D eigenvalue weighted by Gasteiger charge is -2.10. The number of rotatable bonds is 0. The number of carbonyl (C=O) groups is 2. The first-order chi connectivity index (χ1) is 7.16. The molecule has 1 aliphatic rings. The molecule has 1 aromatic carbocycles. The van der Waals surface area contributed by atoms with Crippen molar-refractivity contribution < 1.29 is 9.59 Å². The molecule has 0 saturated carbocycles. The van der Waals surface area contributed by atoms with Gasteiger partial charge in [-0.3, -0.25) is 9.59 Å². The highest BCUT2D eigenvalue weighted by molar-refractivity contribution is 6.29. The van der Waals surface area contributed by atoms with Gasteiger partial charge < -0.3 is 5.84 Å². The highest BCUT2D eigenvalue weighted by Gasteiger charge is 2.36. The zero-order chi connectivity index (χ0) is 11.0. The maximum absolute atomic E-state index is 11.8. The molecule has 5 heteroatoms. The molecule has 0 bridgehead atoms. The predicted octanol–water partition coefficient (Wildman–Crippen LogP) is 0.575. The van der Waals surface area contributed by atoms with Crippen molar-refractivity contribution in [2.75, 3.05) is 0 Å². The van der Waals surface area contributed by atoms with E-state index >= 15 is 0 Å². The van der Waals surface area contributed by atoms with E-state index in [1.54, 1.807) is 24.3 Å². The van der Waals surface area contributed by atoms with Crippen molar-refractivity contribution in [3.63, 3.8) is 0 Å². The minimum absolute atomic E-state index is 0.196. The molecule has 0 aliphatic carbocycles. The van der Waals surface area contributed by atoms with Gasteiger partial charge in [-0.2, -0.15) is 5.10 Å². The normalized spacial score (nSPS) is 15.8. The van der Waals surface area contributed by atoms with Crippen LogP contribution >= 0.6 is 0 Å². The van der Waals surface area contributed by atoms with Crippen molar-refractivity contribution in [2.24, 2.45) is 10.9 Å². The lowest BCUT2D eigenvalue weighted by Crippen LogP contribution is -2.34. The number of nitrogens with two attached hydrogens (primary N) is 1. The molecule has 76 valence electrons. The van der Waals surface area contributed by atoms with Crippen LogP contribution in [0.25, 0.3) is 0 Å². The number of hydrazone groups is 1. The molecule has 15 heavy (non-hydrogen) atoms. The Bertz CT molecular complexity index is 444. The average molecular weight is 203 g/mol. The molecule has 0 fully saturated rings. The molecule has 0 radical (unpaired) electrons. The summed E-state index contributed by atoms with van der Waals surface area (Å²) in [6.45, 7) is 1.52. The number of amides is 2. The van der Waals surface area contributed by atoms with Gasteiger partial charge in [-0.05, 0) is 19.1 Å². The van der Waals surface area contributed by atoms with Gasteiger partial charge in [0.1, 0.15) is 5.84 Å². The maximum atomic E-state index is 11.8. The smallest absolute Gasteiger partial charge is 0.267 e. The number of fused-ring (bicyclic) bond motifs is 1. The maximum Gasteiger partial charge on any atom is 0.267 e. The van der Waals surface area contributed by atoms with E-state index < -0.39 is 0 Å². The fraction of sp³-hybridized carbons (Fsp3) is 0.100. The molecule has 2 N–H and O–H groups in total. The Morgan fingerprint density at radius 3 is 2.07 bits per heavy atom. The third-order valence-electron chi connectivity index (χ3n) is 2.30. The van der Waals surface area contributed by atoms with E-state index in [9.17, 15) is 9.59 Å². The second-order valence-electron chi connectivity index (χ2n) is 3.17. The summed E-state index contributed by atoms with van der Waals surface area (Å²) in [4.78, 5) is 24.5. The van der Waals surface area contributed by atoms with E-state index in [-0.39, 0.29) is 17.6 Å². The second-order valence-corrected chi connectivity index (χ2v) is 3.17. The lowest BCUT2D eigenvalue weighted by atomic mass is 10.1. The highest BCUT2D eigenvalue weighted by atomic mass is 16.2. The molecule has 2 rings (SSSR count). The largest absolute Gasteiger partial charge is 0.322 e. The SMILES string of the molecule is C/C(=N\N)N1C(=O)c2ccccc2C1=O. The number of hydrogen-bond acceptors (Lipinski definition) is 4. The summed E-state index contributed by atoms with van der Waals surface area (Å²) < 4.78 is 0. The number of carbonyl (C=O) groups excluding carboxylic acids is 2. The first-order valence-electron chi connectivity index (χ1n) is 4.39. The summed E-state index contributed by atoms with van der Waals surface area (Å²) in [5.74, 6) is 4.50. The molecule has 1 aromatic rings. The Morgan fingerprint density at radius 2 is 1.67 bits per heavy atom. The Labute approximate surface area is 86.2 Å². The van der Waals surface area contributed by atoms with Gasteiger partial charge in [0.15, 0.2) is 0 Å². The summed E-state index contributed by atoms with van der Waals surface area (Å²) in [6.07, 6.45) is 0.